The first kappa shape index (κ1) is 15.7. The Labute approximate surface area is 152 Å². The standard InChI is InChI=1S/C22H16ClNO/c23-19-13-11-16(12-14-19)20-15-21(17-7-3-1-4-8-17)25-22(24-20)18-9-5-2-6-10-18/h1-15,20H/p+1. The lowest BCUT2D eigenvalue weighted by molar-refractivity contribution is -0.505. The second-order valence-electron chi connectivity index (χ2n) is 5.87. The van der Waals surface area contributed by atoms with Crippen molar-refractivity contribution in [2.24, 2.45) is 0 Å². The zero-order valence-electron chi connectivity index (χ0n) is 13.5. The van der Waals surface area contributed by atoms with Crippen molar-refractivity contribution in [3.05, 3.63) is 113 Å². The molecule has 0 saturated heterocycles. The van der Waals surface area contributed by atoms with E-state index in [4.69, 9.17) is 16.3 Å². The predicted molar refractivity (Wildman–Crippen MR) is 101 cm³/mol. The fourth-order valence-electron chi connectivity index (χ4n) is 2.85. The van der Waals surface area contributed by atoms with Gasteiger partial charge in [-0.3, -0.25) is 0 Å². The Balaban J connectivity index is 1.78. The fraction of sp³-hybridized carbons (Fsp3) is 0.0455. The van der Waals surface area contributed by atoms with Crippen LogP contribution in [0.15, 0.2) is 91.0 Å². The monoisotopic (exact) mass is 346 g/mol. The topological polar surface area (TPSA) is 23.2 Å². The average molecular weight is 347 g/mol. The minimum absolute atomic E-state index is 0.0106. The van der Waals surface area contributed by atoms with Crippen LogP contribution in [0.3, 0.4) is 0 Å². The van der Waals surface area contributed by atoms with E-state index in [0.717, 1.165) is 33.4 Å². The molecule has 1 aliphatic rings. The van der Waals surface area contributed by atoms with Crippen LogP contribution in [0.5, 0.6) is 0 Å². The Kier molecular flexibility index (Phi) is 4.36. The quantitative estimate of drug-likeness (QED) is 0.761. The van der Waals surface area contributed by atoms with Crippen molar-refractivity contribution < 1.29 is 9.73 Å². The third kappa shape index (κ3) is 3.49. The molecule has 1 unspecified atom stereocenters. The van der Waals surface area contributed by atoms with Crippen LogP contribution in [0.4, 0.5) is 0 Å². The number of benzene rings is 3. The number of nitrogens with one attached hydrogen (secondary N) is 1. The molecule has 25 heavy (non-hydrogen) atoms. The number of rotatable bonds is 3. The highest BCUT2D eigenvalue weighted by molar-refractivity contribution is 6.30. The maximum absolute atomic E-state index is 6.17. The lowest BCUT2D eigenvalue weighted by Crippen LogP contribution is -2.76. The van der Waals surface area contributed by atoms with Gasteiger partial charge in [-0.1, -0.05) is 72.3 Å². The molecule has 0 fully saturated rings. The second-order valence-corrected chi connectivity index (χ2v) is 6.30. The smallest absolute Gasteiger partial charge is 0.374 e. The first-order valence-corrected chi connectivity index (χ1v) is 8.57. The van der Waals surface area contributed by atoms with Crippen LogP contribution in [-0.2, 0) is 4.74 Å². The first-order chi connectivity index (χ1) is 12.3. The van der Waals surface area contributed by atoms with Crippen LogP contribution in [0.2, 0.25) is 5.02 Å². The third-order valence-corrected chi connectivity index (χ3v) is 4.39. The fourth-order valence-corrected chi connectivity index (χ4v) is 2.97. The van der Waals surface area contributed by atoms with Crippen molar-refractivity contribution in [2.75, 3.05) is 0 Å². The maximum atomic E-state index is 6.17. The van der Waals surface area contributed by atoms with Crippen LogP contribution in [0, 0.1) is 0 Å². The van der Waals surface area contributed by atoms with Gasteiger partial charge in [0.05, 0.1) is 5.56 Å². The van der Waals surface area contributed by atoms with Crippen LogP contribution in [0.25, 0.3) is 5.76 Å². The van der Waals surface area contributed by atoms with Gasteiger partial charge in [0, 0.05) is 22.2 Å². The van der Waals surface area contributed by atoms with Gasteiger partial charge in [0.1, 0.15) is 5.76 Å². The predicted octanol–water partition coefficient (Wildman–Crippen LogP) is 3.98. The van der Waals surface area contributed by atoms with Crippen molar-refractivity contribution in [1.82, 2.24) is 0 Å². The molecule has 0 aliphatic carbocycles. The summed E-state index contributed by atoms with van der Waals surface area (Å²) in [7, 11) is 0. The minimum atomic E-state index is 0.0106. The van der Waals surface area contributed by atoms with Crippen molar-refractivity contribution in [1.29, 1.82) is 0 Å². The summed E-state index contributed by atoms with van der Waals surface area (Å²) in [5, 5.41) is 0.732. The Morgan fingerprint density at radius 3 is 1.96 bits per heavy atom. The van der Waals surface area contributed by atoms with E-state index in [-0.39, 0.29) is 6.04 Å². The zero-order valence-corrected chi connectivity index (χ0v) is 14.3. The summed E-state index contributed by atoms with van der Waals surface area (Å²) in [4.78, 5) is 3.48. The van der Waals surface area contributed by atoms with Gasteiger partial charge in [0.25, 0.3) is 0 Å². The Morgan fingerprint density at radius 1 is 0.720 bits per heavy atom. The highest BCUT2D eigenvalue weighted by Crippen LogP contribution is 2.24. The molecular weight excluding hydrogens is 330 g/mol. The summed E-state index contributed by atoms with van der Waals surface area (Å²) in [6.45, 7) is 0. The maximum Gasteiger partial charge on any atom is 0.374 e. The van der Waals surface area contributed by atoms with Crippen molar-refractivity contribution >= 4 is 23.3 Å². The van der Waals surface area contributed by atoms with Gasteiger partial charge in [0.2, 0.25) is 6.04 Å². The first-order valence-electron chi connectivity index (χ1n) is 8.19. The molecule has 1 N–H and O–H groups in total. The van der Waals surface area contributed by atoms with Gasteiger partial charge in [0.15, 0.2) is 0 Å². The molecule has 1 aliphatic heterocycles. The molecule has 0 aromatic heterocycles. The van der Waals surface area contributed by atoms with Gasteiger partial charge in [-0.2, -0.15) is 4.99 Å². The molecule has 3 aromatic carbocycles. The molecule has 0 radical (unpaired) electrons. The highest BCUT2D eigenvalue weighted by Gasteiger charge is 2.26. The highest BCUT2D eigenvalue weighted by atomic mass is 35.5. The summed E-state index contributed by atoms with van der Waals surface area (Å²) in [5.41, 5.74) is 3.20. The second kappa shape index (κ2) is 6.96. The number of hydrogen-bond donors (Lipinski definition) is 1. The van der Waals surface area contributed by atoms with Gasteiger partial charge in [-0.05, 0) is 24.3 Å². The summed E-state index contributed by atoms with van der Waals surface area (Å²) in [6.07, 6.45) is 2.10. The average Bonchev–Trinajstić information content (AvgIpc) is 2.69. The lowest BCUT2D eigenvalue weighted by atomic mass is 10.0. The molecule has 0 amide bonds. The Hall–Kier alpha value is -2.84. The number of ether oxygens (including phenoxy) is 1. The summed E-state index contributed by atoms with van der Waals surface area (Å²) >= 11 is 6.03. The number of hydrogen-bond acceptors (Lipinski definition) is 1. The van der Waals surface area contributed by atoms with E-state index in [2.05, 4.69) is 23.2 Å². The van der Waals surface area contributed by atoms with Crippen LogP contribution < -0.4 is 4.99 Å². The largest absolute Gasteiger partial charge is 0.404 e. The summed E-state index contributed by atoms with van der Waals surface area (Å²) in [5.74, 6) is 1.60. The molecule has 3 heteroatoms. The molecule has 1 atom stereocenters. The molecule has 2 nitrogen and oxygen atoms in total. The van der Waals surface area contributed by atoms with Crippen molar-refractivity contribution in [3.8, 4) is 0 Å². The molecule has 0 saturated carbocycles. The van der Waals surface area contributed by atoms with Gasteiger partial charge < -0.3 is 4.74 Å². The lowest BCUT2D eigenvalue weighted by Gasteiger charge is -2.17. The molecule has 0 spiro atoms. The molecule has 1 heterocycles. The third-order valence-electron chi connectivity index (χ3n) is 4.14. The molecular formula is C22H17ClNO+. The van der Waals surface area contributed by atoms with Crippen LogP contribution >= 0.6 is 11.6 Å². The Morgan fingerprint density at radius 2 is 1.32 bits per heavy atom. The van der Waals surface area contributed by atoms with Crippen LogP contribution in [-0.4, -0.2) is 5.90 Å². The van der Waals surface area contributed by atoms with E-state index in [1.54, 1.807) is 0 Å². The van der Waals surface area contributed by atoms with Gasteiger partial charge >= 0.3 is 5.90 Å². The van der Waals surface area contributed by atoms with Crippen molar-refractivity contribution in [3.63, 3.8) is 0 Å². The minimum Gasteiger partial charge on any atom is -0.404 e. The zero-order chi connectivity index (χ0) is 17.1. The molecule has 4 rings (SSSR count). The van der Waals surface area contributed by atoms with Gasteiger partial charge in [-0.15, -0.1) is 0 Å². The summed E-state index contributed by atoms with van der Waals surface area (Å²) in [6, 6.07) is 28.1. The molecule has 122 valence electrons. The van der Waals surface area contributed by atoms with E-state index >= 15 is 0 Å². The molecule has 3 aromatic rings. The SMILES string of the molecule is Clc1ccc(C2C=C(c3ccccc3)OC(c3ccccc3)=[NH+]2)cc1. The normalized spacial score (nSPS) is 16.6. The van der Waals surface area contributed by atoms with E-state index in [0.29, 0.717) is 0 Å². The number of halogens is 1. The van der Waals surface area contributed by atoms with E-state index in [1.165, 1.54) is 0 Å². The van der Waals surface area contributed by atoms with Gasteiger partial charge in [-0.25, -0.2) is 0 Å². The van der Waals surface area contributed by atoms with Crippen molar-refractivity contribution in [2.45, 2.75) is 6.04 Å². The van der Waals surface area contributed by atoms with E-state index < -0.39 is 0 Å². The van der Waals surface area contributed by atoms with E-state index in [9.17, 15) is 0 Å². The molecule has 0 bridgehead atoms. The summed E-state index contributed by atoms with van der Waals surface area (Å²) < 4.78 is 6.17. The van der Waals surface area contributed by atoms with E-state index in [1.807, 2.05) is 72.8 Å². The Bertz CT molecular complexity index is 860. The van der Waals surface area contributed by atoms with Crippen LogP contribution in [0.1, 0.15) is 22.7 Å².